The van der Waals surface area contributed by atoms with E-state index >= 15 is 0 Å². The average molecular weight is 395 g/mol. The van der Waals surface area contributed by atoms with E-state index in [2.05, 4.69) is 5.32 Å². The molecule has 0 saturated carbocycles. The number of aliphatic hydroxyl groups is 1. The van der Waals surface area contributed by atoms with E-state index < -0.39 is 41.9 Å². The summed E-state index contributed by atoms with van der Waals surface area (Å²) >= 11 is 5.98. The van der Waals surface area contributed by atoms with Crippen LogP contribution in [0.3, 0.4) is 0 Å². The van der Waals surface area contributed by atoms with Crippen molar-refractivity contribution in [2.75, 3.05) is 19.8 Å². The van der Waals surface area contributed by atoms with Gasteiger partial charge in [-0.15, -0.1) is 0 Å². The minimum Gasteiger partial charge on any atom is -0.511 e. The molecule has 0 spiro atoms. The Hall–Kier alpha value is -2.58. The van der Waals surface area contributed by atoms with Gasteiger partial charge >= 0.3 is 5.97 Å². The Morgan fingerprint density at radius 3 is 2.78 bits per heavy atom. The number of aliphatic hydroxyl groups excluding tert-OH is 1. The lowest BCUT2D eigenvalue weighted by Crippen LogP contribution is -2.52. The topological polar surface area (TPSA) is 116 Å². The molecule has 2 unspecified atom stereocenters. The van der Waals surface area contributed by atoms with Gasteiger partial charge in [0.25, 0.3) is 11.8 Å². The number of carbonyl (C=O) groups excluding carboxylic acids is 2. The van der Waals surface area contributed by atoms with Crippen LogP contribution in [0.15, 0.2) is 29.5 Å². The minimum absolute atomic E-state index is 0.176. The van der Waals surface area contributed by atoms with Crippen LogP contribution < -0.4 is 5.32 Å². The number of carboxylic acid groups (broad SMARTS) is 1. The van der Waals surface area contributed by atoms with Crippen molar-refractivity contribution in [1.29, 1.82) is 0 Å². The summed E-state index contributed by atoms with van der Waals surface area (Å²) in [4.78, 5) is 37.5. The van der Waals surface area contributed by atoms with Crippen molar-refractivity contribution in [1.82, 2.24) is 10.2 Å². The van der Waals surface area contributed by atoms with E-state index in [0.717, 1.165) is 11.1 Å². The summed E-state index contributed by atoms with van der Waals surface area (Å²) in [6.45, 7) is 1.86. The molecular formula is C18H19ClN2O6. The summed E-state index contributed by atoms with van der Waals surface area (Å²) in [7, 11) is 0. The fourth-order valence-corrected chi connectivity index (χ4v) is 3.59. The zero-order valence-electron chi connectivity index (χ0n) is 14.6. The fourth-order valence-electron chi connectivity index (χ4n) is 3.37. The Bertz CT molecular complexity index is 837. The highest BCUT2D eigenvalue weighted by Gasteiger charge is 2.47. The first-order chi connectivity index (χ1) is 12.8. The molecule has 144 valence electrons. The quantitative estimate of drug-likeness (QED) is 0.642. The Morgan fingerprint density at radius 2 is 2.11 bits per heavy atom. The highest BCUT2D eigenvalue weighted by Crippen LogP contribution is 2.34. The maximum absolute atomic E-state index is 13.0. The number of hydrogen-bond donors (Lipinski definition) is 3. The van der Waals surface area contributed by atoms with Gasteiger partial charge in [0.05, 0.1) is 25.2 Å². The van der Waals surface area contributed by atoms with E-state index in [0.29, 0.717) is 5.02 Å². The number of halogens is 1. The standard InChI is InChI=1S/C18H19ClN2O6/c1-9-4-11(19)3-2-10(9)6-21-13-8-27-7-12(13)16(24)15(18(21)26)17(25)20-5-14(22)23/h2-4,12-13,24H,5-8H2,1H3,(H,20,25)(H,22,23). The number of carbonyl (C=O) groups is 3. The number of nitrogens with zero attached hydrogens (tertiary/aromatic N) is 1. The highest BCUT2D eigenvalue weighted by atomic mass is 35.5. The van der Waals surface area contributed by atoms with Gasteiger partial charge in [0, 0.05) is 11.6 Å². The lowest BCUT2D eigenvalue weighted by atomic mass is 9.90. The monoisotopic (exact) mass is 394 g/mol. The molecule has 3 rings (SSSR count). The predicted octanol–water partition coefficient (Wildman–Crippen LogP) is 1.02. The van der Waals surface area contributed by atoms with Crippen LogP contribution in [0.1, 0.15) is 11.1 Å². The summed E-state index contributed by atoms with van der Waals surface area (Å²) in [6, 6.07) is 4.90. The Kier molecular flexibility index (Phi) is 5.38. The fraction of sp³-hybridized carbons (Fsp3) is 0.389. The van der Waals surface area contributed by atoms with Gasteiger partial charge < -0.3 is 25.2 Å². The second-order valence-corrected chi connectivity index (χ2v) is 6.99. The summed E-state index contributed by atoms with van der Waals surface area (Å²) in [5, 5.41) is 21.9. The lowest BCUT2D eigenvalue weighted by molar-refractivity contribution is -0.139. The third-order valence-electron chi connectivity index (χ3n) is 4.81. The number of benzene rings is 1. The zero-order chi connectivity index (χ0) is 19.7. The molecule has 27 heavy (non-hydrogen) atoms. The third-order valence-corrected chi connectivity index (χ3v) is 5.04. The van der Waals surface area contributed by atoms with Gasteiger partial charge in [-0.1, -0.05) is 17.7 Å². The van der Waals surface area contributed by atoms with E-state index in [-0.39, 0.29) is 25.5 Å². The molecule has 2 atom stereocenters. The SMILES string of the molecule is Cc1cc(Cl)ccc1CN1C(=O)C(C(=O)NCC(=O)O)=C(O)C2COCC21. The van der Waals surface area contributed by atoms with Crippen molar-refractivity contribution in [3.63, 3.8) is 0 Å². The zero-order valence-corrected chi connectivity index (χ0v) is 15.3. The number of nitrogens with one attached hydrogen (secondary N) is 1. The number of carboxylic acids is 1. The molecule has 0 bridgehead atoms. The Labute approximate surface area is 160 Å². The summed E-state index contributed by atoms with van der Waals surface area (Å²) in [6.07, 6.45) is 0. The van der Waals surface area contributed by atoms with Crippen molar-refractivity contribution in [3.8, 4) is 0 Å². The Morgan fingerprint density at radius 1 is 1.37 bits per heavy atom. The molecule has 1 fully saturated rings. The molecule has 1 saturated heterocycles. The number of fused-ring (bicyclic) bond motifs is 1. The van der Waals surface area contributed by atoms with Gasteiger partial charge in [-0.3, -0.25) is 14.4 Å². The van der Waals surface area contributed by atoms with Crippen LogP contribution in [0, 0.1) is 12.8 Å². The first-order valence-electron chi connectivity index (χ1n) is 8.36. The van der Waals surface area contributed by atoms with E-state index in [4.69, 9.17) is 21.4 Å². The predicted molar refractivity (Wildman–Crippen MR) is 95.1 cm³/mol. The van der Waals surface area contributed by atoms with Crippen LogP contribution in [-0.4, -0.2) is 58.7 Å². The third kappa shape index (κ3) is 3.77. The second-order valence-electron chi connectivity index (χ2n) is 6.55. The summed E-state index contributed by atoms with van der Waals surface area (Å²) in [5.74, 6) is -3.70. The molecule has 3 N–H and O–H groups in total. The highest BCUT2D eigenvalue weighted by molar-refractivity contribution is 6.30. The maximum Gasteiger partial charge on any atom is 0.322 e. The number of amides is 2. The van der Waals surface area contributed by atoms with E-state index in [9.17, 15) is 19.5 Å². The number of aliphatic carboxylic acids is 1. The van der Waals surface area contributed by atoms with Gasteiger partial charge in [0.2, 0.25) is 0 Å². The molecule has 9 heteroatoms. The molecule has 1 aromatic carbocycles. The average Bonchev–Trinajstić information content (AvgIpc) is 3.08. The van der Waals surface area contributed by atoms with E-state index in [1.54, 1.807) is 18.2 Å². The minimum atomic E-state index is -1.25. The first kappa shape index (κ1) is 19.2. The van der Waals surface area contributed by atoms with Crippen molar-refractivity contribution in [2.24, 2.45) is 5.92 Å². The molecule has 1 aromatic rings. The molecular weight excluding hydrogens is 376 g/mol. The van der Waals surface area contributed by atoms with Crippen molar-refractivity contribution in [2.45, 2.75) is 19.5 Å². The molecule has 2 heterocycles. The van der Waals surface area contributed by atoms with Gasteiger partial charge in [-0.05, 0) is 30.2 Å². The second kappa shape index (κ2) is 7.58. The van der Waals surface area contributed by atoms with Gasteiger partial charge in [0.15, 0.2) is 0 Å². The number of aryl methyl sites for hydroxylation is 1. The smallest absolute Gasteiger partial charge is 0.322 e. The molecule has 2 aliphatic heterocycles. The number of hydrogen-bond acceptors (Lipinski definition) is 5. The van der Waals surface area contributed by atoms with Gasteiger partial charge in [0.1, 0.15) is 17.9 Å². The maximum atomic E-state index is 13.0. The van der Waals surface area contributed by atoms with E-state index in [1.165, 1.54) is 4.90 Å². The summed E-state index contributed by atoms with van der Waals surface area (Å²) < 4.78 is 5.42. The van der Waals surface area contributed by atoms with E-state index in [1.807, 2.05) is 6.92 Å². The molecule has 0 aliphatic carbocycles. The van der Waals surface area contributed by atoms with Crippen LogP contribution in [0.25, 0.3) is 0 Å². The molecule has 2 amide bonds. The van der Waals surface area contributed by atoms with Gasteiger partial charge in [-0.2, -0.15) is 0 Å². The van der Waals surface area contributed by atoms with Crippen LogP contribution in [0.2, 0.25) is 5.02 Å². The van der Waals surface area contributed by atoms with Crippen LogP contribution >= 0.6 is 11.6 Å². The number of rotatable bonds is 5. The van der Waals surface area contributed by atoms with Crippen molar-refractivity contribution < 1.29 is 29.3 Å². The van der Waals surface area contributed by atoms with Gasteiger partial charge in [-0.25, -0.2) is 0 Å². The lowest BCUT2D eigenvalue weighted by Gasteiger charge is -2.37. The summed E-state index contributed by atoms with van der Waals surface area (Å²) in [5.41, 5.74) is 1.31. The van der Waals surface area contributed by atoms with Crippen LogP contribution in [0.4, 0.5) is 0 Å². The van der Waals surface area contributed by atoms with Crippen molar-refractivity contribution in [3.05, 3.63) is 45.7 Å². The Balaban J connectivity index is 1.92. The van der Waals surface area contributed by atoms with Crippen LogP contribution in [0.5, 0.6) is 0 Å². The molecule has 8 nitrogen and oxygen atoms in total. The number of ether oxygens (including phenoxy) is 1. The molecule has 0 radical (unpaired) electrons. The van der Waals surface area contributed by atoms with Crippen LogP contribution in [-0.2, 0) is 25.7 Å². The molecule has 0 aromatic heterocycles. The normalized spacial score (nSPS) is 22.0. The van der Waals surface area contributed by atoms with Crippen molar-refractivity contribution >= 4 is 29.4 Å². The first-order valence-corrected chi connectivity index (χ1v) is 8.74. The largest absolute Gasteiger partial charge is 0.511 e. The molecule has 2 aliphatic rings.